The zero-order valence-corrected chi connectivity index (χ0v) is 8.82. The van der Waals surface area contributed by atoms with Crippen LogP contribution in [-0.2, 0) is 13.5 Å². The van der Waals surface area contributed by atoms with E-state index in [2.05, 4.69) is 13.1 Å². The summed E-state index contributed by atoms with van der Waals surface area (Å²) in [5.41, 5.74) is 2.62. The number of rotatable bonds is 2. The molecule has 3 heteroatoms. The topological polar surface area (TPSA) is 42.2 Å². The van der Waals surface area contributed by atoms with Gasteiger partial charge in [-0.15, -0.1) is 0 Å². The SMILES string of the molecule is CCc1cn(C)c2ccc(C(=O)O)cc12. The molecule has 0 fully saturated rings. The minimum atomic E-state index is -0.872. The normalized spacial score (nSPS) is 10.8. The summed E-state index contributed by atoms with van der Waals surface area (Å²) in [6.07, 6.45) is 2.97. The van der Waals surface area contributed by atoms with Crippen LogP contribution in [0.2, 0.25) is 0 Å². The minimum absolute atomic E-state index is 0.350. The Morgan fingerprint density at radius 3 is 2.80 bits per heavy atom. The number of carboxylic acid groups (broad SMARTS) is 1. The van der Waals surface area contributed by atoms with Gasteiger partial charge in [0.05, 0.1) is 5.56 Å². The van der Waals surface area contributed by atoms with E-state index in [1.165, 1.54) is 5.56 Å². The number of hydrogen-bond acceptors (Lipinski definition) is 1. The van der Waals surface area contributed by atoms with Crippen LogP contribution in [-0.4, -0.2) is 15.6 Å². The molecule has 0 unspecified atom stereocenters. The van der Waals surface area contributed by atoms with E-state index in [1.807, 2.05) is 17.7 Å². The summed E-state index contributed by atoms with van der Waals surface area (Å²) in [5.74, 6) is -0.872. The van der Waals surface area contributed by atoms with E-state index in [0.29, 0.717) is 5.56 Å². The van der Waals surface area contributed by atoms with E-state index in [9.17, 15) is 4.79 Å². The van der Waals surface area contributed by atoms with E-state index < -0.39 is 5.97 Å². The third-order valence-electron chi connectivity index (χ3n) is 2.70. The van der Waals surface area contributed by atoms with Crippen LogP contribution in [0.1, 0.15) is 22.8 Å². The Hall–Kier alpha value is -1.77. The predicted octanol–water partition coefficient (Wildman–Crippen LogP) is 2.44. The summed E-state index contributed by atoms with van der Waals surface area (Å²) in [6.45, 7) is 2.07. The summed E-state index contributed by atoms with van der Waals surface area (Å²) in [7, 11) is 1.97. The molecule has 0 aliphatic heterocycles. The van der Waals surface area contributed by atoms with Gasteiger partial charge in [0.2, 0.25) is 0 Å². The van der Waals surface area contributed by atoms with Crippen molar-refractivity contribution >= 4 is 16.9 Å². The van der Waals surface area contributed by atoms with Crippen molar-refractivity contribution in [1.29, 1.82) is 0 Å². The molecule has 1 aromatic carbocycles. The van der Waals surface area contributed by atoms with Crippen LogP contribution < -0.4 is 0 Å². The molecule has 2 rings (SSSR count). The van der Waals surface area contributed by atoms with Gasteiger partial charge in [-0.3, -0.25) is 0 Å². The highest BCUT2D eigenvalue weighted by atomic mass is 16.4. The van der Waals surface area contributed by atoms with Crippen LogP contribution in [0.15, 0.2) is 24.4 Å². The van der Waals surface area contributed by atoms with Crippen molar-refractivity contribution in [3.05, 3.63) is 35.5 Å². The Morgan fingerprint density at radius 2 is 2.20 bits per heavy atom. The summed E-state index contributed by atoms with van der Waals surface area (Å²) < 4.78 is 2.03. The second-order valence-electron chi connectivity index (χ2n) is 3.66. The molecule has 15 heavy (non-hydrogen) atoms. The van der Waals surface area contributed by atoms with Crippen molar-refractivity contribution < 1.29 is 9.90 Å². The Bertz CT molecular complexity index is 526. The molecule has 78 valence electrons. The zero-order chi connectivity index (χ0) is 11.0. The maximum atomic E-state index is 10.8. The molecule has 0 aliphatic carbocycles. The number of nitrogens with zero attached hydrogens (tertiary/aromatic N) is 1. The van der Waals surface area contributed by atoms with Gasteiger partial charge in [0, 0.05) is 24.1 Å². The molecular formula is C12H13NO2. The number of benzene rings is 1. The van der Waals surface area contributed by atoms with E-state index in [1.54, 1.807) is 12.1 Å². The van der Waals surface area contributed by atoms with Gasteiger partial charge >= 0.3 is 5.97 Å². The number of carboxylic acids is 1. The molecule has 3 nitrogen and oxygen atoms in total. The lowest BCUT2D eigenvalue weighted by molar-refractivity contribution is 0.0697. The molecule has 1 aromatic heterocycles. The Labute approximate surface area is 87.9 Å². The molecule has 0 bridgehead atoms. The molecule has 1 N–H and O–H groups in total. The first-order valence-corrected chi connectivity index (χ1v) is 4.94. The van der Waals surface area contributed by atoms with Crippen LogP contribution in [0, 0.1) is 0 Å². The van der Waals surface area contributed by atoms with Gasteiger partial charge in [0.25, 0.3) is 0 Å². The molecule has 0 radical (unpaired) electrons. The number of hydrogen-bond donors (Lipinski definition) is 1. The molecule has 0 atom stereocenters. The molecule has 0 aliphatic rings. The molecule has 0 saturated carbocycles. The van der Waals surface area contributed by atoms with Gasteiger partial charge in [0.15, 0.2) is 0 Å². The van der Waals surface area contributed by atoms with Crippen molar-refractivity contribution in [2.45, 2.75) is 13.3 Å². The van der Waals surface area contributed by atoms with Gasteiger partial charge in [-0.25, -0.2) is 4.79 Å². The van der Waals surface area contributed by atoms with Crippen LogP contribution in [0.5, 0.6) is 0 Å². The Kier molecular flexibility index (Phi) is 2.23. The Morgan fingerprint density at radius 1 is 1.47 bits per heavy atom. The van der Waals surface area contributed by atoms with Gasteiger partial charge < -0.3 is 9.67 Å². The highest BCUT2D eigenvalue weighted by Crippen LogP contribution is 2.22. The monoisotopic (exact) mass is 203 g/mol. The third kappa shape index (κ3) is 1.50. The first-order chi connectivity index (χ1) is 7.13. The lowest BCUT2D eigenvalue weighted by atomic mass is 10.1. The molecule has 0 amide bonds. The number of fused-ring (bicyclic) bond motifs is 1. The van der Waals surface area contributed by atoms with Crippen LogP contribution in [0.4, 0.5) is 0 Å². The van der Waals surface area contributed by atoms with Gasteiger partial charge in [-0.2, -0.15) is 0 Å². The average Bonchev–Trinajstić information content (AvgIpc) is 2.55. The number of aromatic carboxylic acids is 1. The predicted molar refractivity (Wildman–Crippen MR) is 59.3 cm³/mol. The molecule has 0 spiro atoms. The van der Waals surface area contributed by atoms with E-state index in [-0.39, 0.29) is 0 Å². The number of carbonyl (C=O) groups is 1. The largest absolute Gasteiger partial charge is 0.478 e. The first-order valence-electron chi connectivity index (χ1n) is 4.94. The maximum absolute atomic E-state index is 10.8. The molecule has 0 saturated heterocycles. The molecule has 1 heterocycles. The second-order valence-corrected chi connectivity index (χ2v) is 3.66. The fourth-order valence-electron chi connectivity index (χ4n) is 1.89. The second kappa shape index (κ2) is 3.42. The highest BCUT2D eigenvalue weighted by molar-refractivity contribution is 5.94. The smallest absolute Gasteiger partial charge is 0.335 e. The number of aromatic nitrogens is 1. The summed E-state index contributed by atoms with van der Waals surface area (Å²) in [4.78, 5) is 10.8. The van der Waals surface area contributed by atoms with E-state index in [0.717, 1.165) is 17.3 Å². The van der Waals surface area contributed by atoms with Gasteiger partial charge in [-0.05, 0) is 30.2 Å². The average molecular weight is 203 g/mol. The molecular weight excluding hydrogens is 190 g/mol. The van der Waals surface area contributed by atoms with Gasteiger partial charge in [-0.1, -0.05) is 6.92 Å². The highest BCUT2D eigenvalue weighted by Gasteiger charge is 2.08. The molecule has 2 aromatic rings. The fourth-order valence-corrected chi connectivity index (χ4v) is 1.89. The van der Waals surface area contributed by atoms with Crippen LogP contribution in [0.25, 0.3) is 10.9 Å². The number of aryl methyl sites for hydroxylation is 2. The van der Waals surface area contributed by atoms with Crippen molar-refractivity contribution in [1.82, 2.24) is 4.57 Å². The van der Waals surface area contributed by atoms with Crippen molar-refractivity contribution in [2.24, 2.45) is 7.05 Å². The fraction of sp³-hybridized carbons (Fsp3) is 0.250. The van der Waals surface area contributed by atoms with Crippen LogP contribution in [0.3, 0.4) is 0 Å². The van der Waals surface area contributed by atoms with E-state index in [4.69, 9.17) is 5.11 Å². The zero-order valence-electron chi connectivity index (χ0n) is 8.82. The van der Waals surface area contributed by atoms with Crippen molar-refractivity contribution in [3.8, 4) is 0 Å². The standard InChI is InChI=1S/C12H13NO2/c1-3-8-7-13(2)11-5-4-9(12(14)15)6-10(8)11/h4-7H,3H2,1-2H3,(H,14,15). The van der Waals surface area contributed by atoms with Crippen LogP contribution >= 0.6 is 0 Å². The first kappa shape index (κ1) is 9.77. The summed E-state index contributed by atoms with van der Waals surface area (Å²) in [5, 5.41) is 9.95. The summed E-state index contributed by atoms with van der Waals surface area (Å²) in [6, 6.07) is 5.25. The van der Waals surface area contributed by atoms with Gasteiger partial charge in [0.1, 0.15) is 0 Å². The lowest BCUT2D eigenvalue weighted by Gasteiger charge is -1.98. The minimum Gasteiger partial charge on any atom is -0.478 e. The lowest BCUT2D eigenvalue weighted by Crippen LogP contribution is -1.95. The van der Waals surface area contributed by atoms with Crippen molar-refractivity contribution in [2.75, 3.05) is 0 Å². The Balaban J connectivity index is 2.73. The quantitative estimate of drug-likeness (QED) is 0.814. The van der Waals surface area contributed by atoms with Crippen molar-refractivity contribution in [3.63, 3.8) is 0 Å². The third-order valence-corrected chi connectivity index (χ3v) is 2.70. The maximum Gasteiger partial charge on any atom is 0.335 e. The summed E-state index contributed by atoms with van der Waals surface area (Å²) >= 11 is 0. The van der Waals surface area contributed by atoms with E-state index >= 15 is 0 Å².